The molecule has 1 aromatic rings. The highest BCUT2D eigenvalue weighted by Gasteiger charge is 2.88. The molecule has 0 fully saturated rings. The van der Waals surface area contributed by atoms with Gasteiger partial charge in [0.1, 0.15) is 5.69 Å². The fourth-order valence-electron chi connectivity index (χ4n) is 2.45. The quantitative estimate of drug-likeness (QED) is 0.192. The minimum absolute atomic E-state index is 0.380. The van der Waals surface area contributed by atoms with Gasteiger partial charge in [0, 0.05) is 5.69 Å². The third kappa shape index (κ3) is 6.98. The van der Waals surface area contributed by atoms with Gasteiger partial charge in [-0.2, -0.15) is 101 Å². The molecule has 0 aromatic carbocycles. The molecular formula is C16H5F23N2O3S. The second kappa shape index (κ2) is 11.1. The number of alkyl halides is 23. The first kappa shape index (κ1) is 40.6. The largest absolute Gasteiger partial charge is 0.462 e. The Morgan fingerprint density at radius 1 is 0.533 bits per heavy atom. The molecule has 0 radical (unpaired) electrons. The fourth-order valence-corrected chi connectivity index (χ4v) is 2.71. The van der Waals surface area contributed by atoms with Crippen LogP contribution in [0.5, 0.6) is 0 Å². The molecule has 0 saturated heterocycles. The molecule has 0 aliphatic rings. The number of halogens is 23. The summed E-state index contributed by atoms with van der Waals surface area (Å²) < 4.78 is 311. The maximum Gasteiger partial charge on any atom is 0.462 e. The first-order valence-corrected chi connectivity index (χ1v) is 10.2. The lowest BCUT2D eigenvalue weighted by molar-refractivity contribution is -0.580. The molecule has 1 aromatic heterocycles. The van der Waals surface area contributed by atoms with Crippen LogP contribution in [0.2, 0.25) is 0 Å². The predicted molar refractivity (Wildman–Crippen MR) is 91.9 cm³/mol. The number of aromatic amines is 1. The van der Waals surface area contributed by atoms with Gasteiger partial charge in [0.25, 0.3) is 0 Å². The molecule has 1 N–H and O–H groups in total. The maximum atomic E-state index is 14.8. The highest BCUT2D eigenvalue weighted by Crippen LogP contribution is 2.60. The fraction of sp³-hybridized carbons (Fsp3) is 0.750. The number of aromatic nitrogens is 2. The average Bonchev–Trinajstić information content (AvgIpc) is 2.74. The molecule has 5 nitrogen and oxygen atoms in total. The van der Waals surface area contributed by atoms with E-state index in [4.69, 9.17) is 0 Å². The van der Waals surface area contributed by atoms with Gasteiger partial charge in [-0.3, -0.25) is 14.2 Å². The highest BCUT2D eigenvalue weighted by molar-refractivity contribution is 7.71. The summed E-state index contributed by atoms with van der Waals surface area (Å²) >= 11 is 4.12. The summed E-state index contributed by atoms with van der Waals surface area (Å²) in [6.45, 7) is 0.602. The van der Waals surface area contributed by atoms with Crippen molar-refractivity contribution in [3.8, 4) is 0 Å². The predicted octanol–water partition coefficient (Wildman–Crippen LogP) is 8.61. The summed E-state index contributed by atoms with van der Waals surface area (Å²) in [7, 11) is 0. The average molecular weight is 742 g/mol. The number of nitrogens with one attached hydrogen (secondary N) is 1. The molecule has 264 valence electrons. The van der Waals surface area contributed by atoms with Crippen molar-refractivity contribution in [1.29, 1.82) is 0 Å². The van der Waals surface area contributed by atoms with Gasteiger partial charge >= 0.3 is 66.5 Å². The van der Waals surface area contributed by atoms with Gasteiger partial charge in [-0.15, -0.1) is 0 Å². The van der Waals surface area contributed by atoms with Crippen molar-refractivity contribution in [3.63, 3.8) is 0 Å². The molecule has 1 heterocycles. The minimum Gasteiger partial charge on any atom is -0.335 e. The van der Waals surface area contributed by atoms with E-state index in [2.05, 4.69) is 21.9 Å². The van der Waals surface area contributed by atoms with Gasteiger partial charge in [0.2, 0.25) is 0 Å². The Labute approximate surface area is 234 Å². The van der Waals surface area contributed by atoms with Crippen molar-refractivity contribution in [3.05, 3.63) is 22.2 Å². The van der Waals surface area contributed by atoms with E-state index in [1.807, 2.05) is 0 Å². The molecule has 0 aliphatic heterocycles. The van der Waals surface area contributed by atoms with Gasteiger partial charge in [0.05, 0.1) is 0 Å². The summed E-state index contributed by atoms with van der Waals surface area (Å²) in [6, 6.07) is -0.380. The van der Waals surface area contributed by atoms with Gasteiger partial charge in [0.15, 0.2) is 4.77 Å². The van der Waals surface area contributed by atoms with Crippen LogP contribution in [-0.4, -0.2) is 70.6 Å². The number of aryl methyl sites for hydroxylation is 1. The number of H-pyrrole nitrogens is 1. The molecule has 3 unspecified atom stereocenters. The van der Waals surface area contributed by atoms with Crippen LogP contribution in [0.15, 0.2) is 6.07 Å². The third-order valence-electron chi connectivity index (χ3n) is 4.58. The molecule has 3 atom stereocenters. The molecule has 0 bridgehead atoms. The van der Waals surface area contributed by atoms with Crippen molar-refractivity contribution in [2.45, 2.75) is 73.4 Å². The lowest BCUT2D eigenvalue weighted by Gasteiger charge is -2.42. The Kier molecular flexibility index (Phi) is 10.00. The lowest BCUT2D eigenvalue weighted by Crippen LogP contribution is -2.70. The zero-order valence-electron chi connectivity index (χ0n) is 19.9. The topological polar surface area (TPSA) is 56.4 Å². The van der Waals surface area contributed by atoms with E-state index >= 15 is 0 Å². The normalized spacial score (nSPS) is 19.1. The van der Waals surface area contributed by atoms with E-state index in [-0.39, 0.29) is 6.07 Å². The second-order valence-electron chi connectivity index (χ2n) is 7.96. The Hall–Kier alpha value is -2.43. The smallest absolute Gasteiger partial charge is 0.335 e. The van der Waals surface area contributed by atoms with E-state index in [0.717, 1.165) is 4.74 Å². The van der Waals surface area contributed by atoms with Crippen LogP contribution in [-0.2, 0) is 20.1 Å². The molecule has 45 heavy (non-hydrogen) atoms. The minimum atomic E-state index is -8.70. The van der Waals surface area contributed by atoms with Crippen molar-refractivity contribution >= 4 is 12.2 Å². The Morgan fingerprint density at radius 3 is 1.20 bits per heavy atom. The van der Waals surface area contributed by atoms with Gasteiger partial charge in [-0.25, -0.2) is 4.98 Å². The van der Waals surface area contributed by atoms with Crippen LogP contribution in [0.4, 0.5) is 101 Å². The summed E-state index contributed by atoms with van der Waals surface area (Å²) in [6.07, 6.45) is -57.0. The van der Waals surface area contributed by atoms with Crippen LogP contribution in [0.3, 0.4) is 0 Å². The molecule has 0 saturated carbocycles. The molecule has 1 rings (SSSR count). The second-order valence-corrected chi connectivity index (χ2v) is 8.35. The van der Waals surface area contributed by atoms with Crippen LogP contribution >= 0.6 is 12.2 Å². The van der Waals surface area contributed by atoms with Gasteiger partial charge in [-0.1, -0.05) is 0 Å². The standard InChI is InChI=1S/C16H5F23N2O3S/c1-3-2-4(41-5(45)40-3)6(17,10(22,23)24)42-15(36,37)8(20,12(28,29)30)44-16(38,39)9(21,13(31,32)33)43-14(34,35)7(18,19)11(25,26)27/h2H,1H3,(H,40,41,45). The van der Waals surface area contributed by atoms with E-state index < -0.39 is 82.7 Å². The van der Waals surface area contributed by atoms with Crippen LogP contribution < -0.4 is 0 Å². The van der Waals surface area contributed by atoms with Crippen LogP contribution in [0.1, 0.15) is 11.4 Å². The van der Waals surface area contributed by atoms with Gasteiger partial charge in [-0.05, 0) is 25.2 Å². The number of hydrogen-bond donors (Lipinski definition) is 1. The molecule has 29 heteroatoms. The zero-order valence-corrected chi connectivity index (χ0v) is 20.7. The number of ether oxygens (including phenoxy) is 3. The Bertz CT molecular complexity index is 1290. The van der Waals surface area contributed by atoms with E-state index in [1.54, 1.807) is 4.98 Å². The highest BCUT2D eigenvalue weighted by atomic mass is 32.1. The summed E-state index contributed by atoms with van der Waals surface area (Å²) in [5.74, 6) is -32.0. The SMILES string of the molecule is Cc1cc(C(F)(OC(F)(F)C(F)(OC(F)(F)C(F)(OC(F)(F)C(F)(F)C(F)(F)F)C(F)(F)F)C(F)(F)F)C(F)(F)F)nc(=S)[nH]1. The first-order chi connectivity index (χ1) is 19.3. The van der Waals surface area contributed by atoms with E-state index in [0.29, 0.717) is 6.92 Å². The van der Waals surface area contributed by atoms with Crippen molar-refractivity contribution in [2.75, 3.05) is 0 Å². The lowest BCUT2D eigenvalue weighted by atomic mass is 10.1. The Morgan fingerprint density at radius 2 is 0.889 bits per heavy atom. The van der Waals surface area contributed by atoms with Crippen LogP contribution in [0, 0.1) is 11.7 Å². The first-order valence-electron chi connectivity index (χ1n) is 9.80. The van der Waals surface area contributed by atoms with Crippen molar-refractivity contribution < 1.29 is 115 Å². The molecule has 0 aliphatic carbocycles. The zero-order chi connectivity index (χ0) is 36.5. The number of rotatable bonds is 10. The Balaban J connectivity index is 3.97. The monoisotopic (exact) mass is 742 g/mol. The van der Waals surface area contributed by atoms with E-state index in [1.165, 1.54) is 4.74 Å². The number of hydrogen-bond acceptors (Lipinski definition) is 5. The third-order valence-corrected chi connectivity index (χ3v) is 4.77. The maximum absolute atomic E-state index is 14.8. The van der Waals surface area contributed by atoms with Gasteiger partial charge < -0.3 is 4.98 Å². The summed E-state index contributed by atoms with van der Waals surface area (Å²) in [5, 5.41) is 0. The summed E-state index contributed by atoms with van der Waals surface area (Å²) in [4.78, 5) is 4.12. The van der Waals surface area contributed by atoms with Crippen molar-refractivity contribution in [2.24, 2.45) is 0 Å². The molecule has 0 amide bonds. The molecule has 0 spiro atoms. The van der Waals surface area contributed by atoms with E-state index in [9.17, 15) is 101 Å². The number of nitrogens with zero attached hydrogens (tertiary/aromatic N) is 1. The van der Waals surface area contributed by atoms with Crippen molar-refractivity contribution in [1.82, 2.24) is 9.97 Å². The summed E-state index contributed by atoms with van der Waals surface area (Å²) in [5.41, 5.74) is -3.57. The van der Waals surface area contributed by atoms with Crippen LogP contribution in [0.25, 0.3) is 0 Å². The molecular weight excluding hydrogens is 737 g/mol.